The Labute approximate surface area is 140 Å². The summed E-state index contributed by atoms with van der Waals surface area (Å²) in [5, 5.41) is 4.84. The van der Waals surface area contributed by atoms with Crippen molar-refractivity contribution in [1.82, 2.24) is 10.6 Å². The average Bonchev–Trinajstić information content (AvgIpc) is 3.07. The van der Waals surface area contributed by atoms with Gasteiger partial charge in [-0.05, 0) is 31.9 Å². The number of rotatable bonds is 6. The summed E-state index contributed by atoms with van der Waals surface area (Å²) in [7, 11) is 0. The Morgan fingerprint density at radius 2 is 2.25 bits per heavy atom. The normalized spacial score (nSPS) is 20.2. The van der Waals surface area contributed by atoms with E-state index >= 15 is 0 Å². The molecular formula is C16H24N3O5+. The predicted octanol–water partition coefficient (Wildman–Crippen LogP) is -0.537. The van der Waals surface area contributed by atoms with Crippen LogP contribution in [0.4, 0.5) is 4.79 Å². The largest absolute Gasteiger partial charge is 0.467 e. The quantitative estimate of drug-likeness (QED) is 0.605. The van der Waals surface area contributed by atoms with Gasteiger partial charge in [0.15, 0.2) is 6.54 Å². The first-order chi connectivity index (χ1) is 11.6. The number of ether oxygens (including phenoxy) is 1. The van der Waals surface area contributed by atoms with Gasteiger partial charge >= 0.3 is 12.0 Å². The number of imide groups is 1. The summed E-state index contributed by atoms with van der Waals surface area (Å²) in [6, 6.07) is 2.89. The topological polar surface area (TPSA) is 102 Å². The summed E-state index contributed by atoms with van der Waals surface area (Å²) in [6.45, 7) is 3.87. The molecule has 0 aliphatic carbocycles. The van der Waals surface area contributed by atoms with Gasteiger partial charge in [0.05, 0.1) is 32.5 Å². The zero-order valence-corrected chi connectivity index (χ0v) is 13.8. The second kappa shape index (κ2) is 9.07. The van der Waals surface area contributed by atoms with Crippen LogP contribution in [-0.4, -0.2) is 44.1 Å². The van der Waals surface area contributed by atoms with Crippen molar-refractivity contribution in [3.05, 3.63) is 24.2 Å². The Kier molecular flexibility index (Phi) is 6.80. The fraction of sp³-hybridized carbons (Fsp3) is 0.562. The van der Waals surface area contributed by atoms with Crippen LogP contribution in [0.3, 0.4) is 0 Å². The first-order valence-electron chi connectivity index (χ1n) is 8.18. The van der Waals surface area contributed by atoms with Gasteiger partial charge in [-0.1, -0.05) is 0 Å². The SMILES string of the molecule is CCOC(=O)[C@@H]1CCC[NH+](CC(=O)NC(=O)NCc2ccco2)C1. The summed E-state index contributed by atoms with van der Waals surface area (Å²) in [5.41, 5.74) is 0. The van der Waals surface area contributed by atoms with Crippen LogP contribution < -0.4 is 15.5 Å². The Balaban J connectivity index is 1.71. The zero-order chi connectivity index (χ0) is 17.4. The van der Waals surface area contributed by atoms with E-state index < -0.39 is 6.03 Å². The van der Waals surface area contributed by atoms with E-state index in [-0.39, 0.29) is 30.9 Å². The lowest BCUT2D eigenvalue weighted by Crippen LogP contribution is -3.14. The Morgan fingerprint density at radius 1 is 1.42 bits per heavy atom. The summed E-state index contributed by atoms with van der Waals surface area (Å²) in [6.07, 6.45) is 3.16. The average molecular weight is 338 g/mol. The van der Waals surface area contributed by atoms with Gasteiger partial charge in [-0.25, -0.2) is 4.79 Å². The molecule has 0 spiro atoms. The van der Waals surface area contributed by atoms with Crippen molar-refractivity contribution in [3.8, 4) is 0 Å². The number of carbonyl (C=O) groups is 3. The summed E-state index contributed by atoms with van der Waals surface area (Å²) in [5.74, 6) is -0.136. The monoisotopic (exact) mass is 338 g/mol. The molecule has 1 aliphatic heterocycles. The van der Waals surface area contributed by atoms with Gasteiger partial charge in [0.25, 0.3) is 5.91 Å². The highest BCUT2D eigenvalue weighted by molar-refractivity contribution is 5.94. The predicted molar refractivity (Wildman–Crippen MR) is 84.0 cm³/mol. The van der Waals surface area contributed by atoms with Gasteiger partial charge in [-0.3, -0.25) is 14.9 Å². The van der Waals surface area contributed by atoms with Gasteiger partial charge in [-0.2, -0.15) is 0 Å². The second-order valence-electron chi connectivity index (χ2n) is 5.78. The third kappa shape index (κ3) is 5.69. The van der Waals surface area contributed by atoms with Crippen molar-refractivity contribution in [2.24, 2.45) is 5.92 Å². The molecule has 8 heteroatoms. The molecule has 0 bridgehead atoms. The van der Waals surface area contributed by atoms with E-state index in [4.69, 9.17) is 9.15 Å². The van der Waals surface area contributed by atoms with Crippen LogP contribution >= 0.6 is 0 Å². The van der Waals surface area contributed by atoms with Crippen molar-refractivity contribution >= 4 is 17.9 Å². The maximum absolute atomic E-state index is 12.0. The van der Waals surface area contributed by atoms with E-state index in [0.717, 1.165) is 24.3 Å². The van der Waals surface area contributed by atoms with Crippen LogP contribution in [-0.2, 0) is 20.9 Å². The fourth-order valence-electron chi connectivity index (χ4n) is 2.80. The van der Waals surface area contributed by atoms with Crippen molar-refractivity contribution in [3.63, 3.8) is 0 Å². The number of piperidine rings is 1. The van der Waals surface area contributed by atoms with Gasteiger partial charge in [0, 0.05) is 0 Å². The molecule has 0 radical (unpaired) electrons. The molecule has 132 valence electrons. The number of amides is 3. The maximum Gasteiger partial charge on any atom is 0.321 e. The molecule has 8 nitrogen and oxygen atoms in total. The number of quaternary nitrogens is 1. The van der Waals surface area contributed by atoms with E-state index in [9.17, 15) is 14.4 Å². The molecule has 2 heterocycles. The molecule has 1 saturated heterocycles. The third-order valence-electron chi connectivity index (χ3n) is 3.90. The number of nitrogens with one attached hydrogen (secondary N) is 3. The summed E-state index contributed by atoms with van der Waals surface area (Å²) < 4.78 is 10.1. The first kappa shape index (κ1) is 18.0. The number of urea groups is 1. The lowest BCUT2D eigenvalue weighted by Gasteiger charge is -2.28. The molecule has 1 fully saturated rings. The molecule has 2 rings (SSSR count). The zero-order valence-electron chi connectivity index (χ0n) is 13.8. The smallest absolute Gasteiger partial charge is 0.321 e. The molecule has 1 aromatic rings. The molecule has 2 atom stereocenters. The number of hydrogen-bond donors (Lipinski definition) is 3. The van der Waals surface area contributed by atoms with Crippen molar-refractivity contribution in [1.29, 1.82) is 0 Å². The molecular weight excluding hydrogens is 314 g/mol. The van der Waals surface area contributed by atoms with Gasteiger partial charge in [0.2, 0.25) is 0 Å². The third-order valence-corrected chi connectivity index (χ3v) is 3.90. The number of likely N-dealkylation sites (tertiary alicyclic amines) is 1. The van der Waals surface area contributed by atoms with Crippen LogP contribution in [0.1, 0.15) is 25.5 Å². The van der Waals surface area contributed by atoms with Crippen molar-refractivity contribution in [2.75, 3.05) is 26.2 Å². The van der Waals surface area contributed by atoms with Crippen LogP contribution in [0.15, 0.2) is 22.8 Å². The summed E-state index contributed by atoms with van der Waals surface area (Å²) >= 11 is 0. The highest BCUT2D eigenvalue weighted by Crippen LogP contribution is 2.09. The molecule has 24 heavy (non-hydrogen) atoms. The van der Waals surface area contributed by atoms with Crippen molar-refractivity contribution < 1.29 is 28.4 Å². The second-order valence-corrected chi connectivity index (χ2v) is 5.78. The van der Waals surface area contributed by atoms with Gasteiger partial charge in [-0.15, -0.1) is 0 Å². The van der Waals surface area contributed by atoms with E-state index in [1.807, 2.05) is 0 Å². The Bertz CT molecular complexity index is 558. The molecule has 3 amide bonds. The van der Waals surface area contributed by atoms with E-state index in [0.29, 0.717) is 18.9 Å². The van der Waals surface area contributed by atoms with Crippen LogP contribution in [0.5, 0.6) is 0 Å². The molecule has 0 aromatic carbocycles. The molecule has 1 aromatic heterocycles. The number of carbonyl (C=O) groups excluding carboxylic acids is 3. The number of furan rings is 1. The molecule has 1 unspecified atom stereocenters. The Morgan fingerprint density at radius 3 is 2.96 bits per heavy atom. The lowest BCUT2D eigenvalue weighted by molar-refractivity contribution is -0.899. The molecule has 3 N–H and O–H groups in total. The fourth-order valence-corrected chi connectivity index (χ4v) is 2.80. The van der Waals surface area contributed by atoms with Gasteiger partial charge < -0.3 is 19.4 Å². The maximum atomic E-state index is 12.0. The highest BCUT2D eigenvalue weighted by Gasteiger charge is 2.30. The number of esters is 1. The first-order valence-corrected chi connectivity index (χ1v) is 8.18. The minimum atomic E-state index is -0.560. The standard InChI is InChI=1S/C16H23N3O5/c1-2-23-15(21)12-5-3-7-19(10-12)11-14(20)18-16(22)17-9-13-6-4-8-24-13/h4,6,8,12H,2-3,5,7,9-11H2,1H3,(H2,17,18,20,22)/p+1/t12-/m1/s1. The van der Waals surface area contributed by atoms with E-state index in [1.165, 1.54) is 6.26 Å². The van der Waals surface area contributed by atoms with Gasteiger partial charge in [0.1, 0.15) is 11.7 Å². The highest BCUT2D eigenvalue weighted by atomic mass is 16.5. The molecule has 0 saturated carbocycles. The minimum absolute atomic E-state index is 0.157. The van der Waals surface area contributed by atoms with E-state index in [1.54, 1.807) is 19.1 Å². The molecule has 1 aliphatic rings. The lowest BCUT2D eigenvalue weighted by atomic mass is 9.98. The van der Waals surface area contributed by atoms with E-state index in [2.05, 4.69) is 10.6 Å². The minimum Gasteiger partial charge on any atom is -0.467 e. The Hall–Kier alpha value is -2.35. The van der Waals surface area contributed by atoms with Crippen molar-refractivity contribution in [2.45, 2.75) is 26.3 Å². The summed E-state index contributed by atoms with van der Waals surface area (Å²) in [4.78, 5) is 36.4. The van der Waals surface area contributed by atoms with Crippen LogP contribution in [0, 0.1) is 5.92 Å². The van der Waals surface area contributed by atoms with Crippen LogP contribution in [0.2, 0.25) is 0 Å². The number of hydrogen-bond acceptors (Lipinski definition) is 5. The van der Waals surface area contributed by atoms with Crippen LogP contribution in [0.25, 0.3) is 0 Å².